The fourth-order valence-electron chi connectivity index (χ4n) is 2.17. The van der Waals surface area contributed by atoms with Crippen molar-refractivity contribution < 1.29 is 0 Å². The highest BCUT2D eigenvalue weighted by molar-refractivity contribution is 8.16. The summed E-state index contributed by atoms with van der Waals surface area (Å²) in [6.07, 6.45) is 5.62. The first-order valence-electron chi connectivity index (χ1n) is 4.90. The third-order valence-corrected chi connectivity index (χ3v) is 3.94. The van der Waals surface area contributed by atoms with Crippen molar-refractivity contribution in [2.75, 3.05) is 6.54 Å². The van der Waals surface area contributed by atoms with Crippen LogP contribution in [0.3, 0.4) is 0 Å². The fraction of sp³-hybridized carbons (Fsp3) is 0.800. The number of nitrogens with zero attached hydrogens (tertiary/aromatic N) is 1. The van der Waals surface area contributed by atoms with Crippen LogP contribution < -0.4 is 0 Å². The molecule has 2 atom stereocenters. The molecule has 1 aliphatic carbocycles. The number of hydrogen-bond donors (Lipinski definition) is 0. The van der Waals surface area contributed by atoms with E-state index in [0.717, 1.165) is 18.4 Å². The van der Waals surface area contributed by atoms with Crippen molar-refractivity contribution in [3.63, 3.8) is 0 Å². The predicted molar refractivity (Wildman–Crippen MR) is 55.3 cm³/mol. The van der Waals surface area contributed by atoms with E-state index in [2.05, 4.69) is 17.7 Å². The van der Waals surface area contributed by atoms with Gasteiger partial charge in [0.2, 0.25) is 0 Å². The zero-order valence-corrected chi connectivity index (χ0v) is 8.44. The molecule has 0 N–H and O–H groups in total. The van der Waals surface area contributed by atoms with Crippen LogP contribution >= 0.6 is 11.8 Å². The Labute approximate surface area is 79.0 Å². The fourth-order valence-corrected chi connectivity index (χ4v) is 3.17. The first kappa shape index (κ1) is 8.61. The maximum Gasteiger partial charge on any atom is 0.0713 e. The van der Waals surface area contributed by atoms with E-state index in [-0.39, 0.29) is 0 Å². The van der Waals surface area contributed by atoms with E-state index in [1.807, 2.05) is 11.8 Å². The Morgan fingerprint density at radius 2 is 2.25 bits per heavy atom. The quantitative estimate of drug-likeness (QED) is 0.607. The summed E-state index contributed by atoms with van der Waals surface area (Å²) in [4.78, 5) is 4.53. The minimum Gasteiger partial charge on any atom is -0.281 e. The van der Waals surface area contributed by atoms with Gasteiger partial charge in [-0.25, -0.2) is 0 Å². The van der Waals surface area contributed by atoms with Crippen LogP contribution in [0.15, 0.2) is 4.99 Å². The van der Waals surface area contributed by atoms with Crippen LogP contribution in [0.2, 0.25) is 0 Å². The summed E-state index contributed by atoms with van der Waals surface area (Å²) in [6.45, 7) is 3.33. The van der Waals surface area contributed by atoms with E-state index in [0.29, 0.717) is 0 Å². The topological polar surface area (TPSA) is 12.4 Å². The average molecular weight is 182 g/mol. The molecule has 0 aromatic heterocycles. The highest BCUT2D eigenvalue weighted by Gasteiger charge is 2.27. The number of thioether (sulfide) groups is 1. The molecule has 0 bridgehead atoms. The van der Waals surface area contributed by atoms with Gasteiger partial charge in [-0.1, -0.05) is 26.2 Å². The molecule has 1 saturated carbocycles. The smallest absolute Gasteiger partial charge is 0.0713 e. The molecule has 1 radical (unpaired) electrons. The van der Waals surface area contributed by atoms with Crippen LogP contribution in [0, 0.1) is 17.6 Å². The Balaban J connectivity index is 2.00. The summed E-state index contributed by atoms with van der Waals surface area (Å²) in [5, 5.41) is 1.42. The molecule has 1 heterocycles. The van der Waals surface area contributed by atoms with Gasteiger partial charge in [0.05, 0.1) is 11.6 Å². The molecule has 0 aromatic rings. The highest BCUT2D eigenvalue weighted by Crippen LogP contribution is 2.36. The van der Waals surface area contributed by atoms with E-state index >= 15 is 0 Å². The predicted octanol–water partition coefficient (Wildman–Crippen LogP) is 3.12. The van der Waals surface area contributed by atoms with Crippen LogP contribution in [-0.4, -0.2) is 11.6 Å². The van der Waals surface area contributed by atoms with Crippen LogP contribution in [0.4, 0.5) is 0 Å². The third-order valence-electron chi connectivity index (χ3n) is 2.95. The van der Waals surface area contributed by atoms with Crippen molar-refractivity contribution in [3.8, 4) is 0 Å². The molecule has 2 aliphatic rings. The largest absolute Gasteiger partial charge is 0.281 e. The average Bonchev–Trinajstić information content (AvgIpc) is 2.57. The lowest BCUT2D eigenvalue weighted by molar-refractivity contribution is 0.327. The van der Waals surface area contributed by atoms with Crippen LogP contribution in [0.5, 0.6) is 0 Å². The minimum absolute atomic E-state index is 0.794. The zero-order chi connectivity index (χ0) is 8.39. The van der Waals surface area contributed by atoms with Crippen molar-refractivity contribution >= 4 is 16.8 Å². The van der Waals surface area contributed by atoms with Crippen LogP contribution in [0.25, 0.3) is 0 Å². The molecular weight excluding hydrogens is 166 g/mol. The van der Waals surface area contributed by atoms with E-state index in [1.165, 1.54) is 30.7 Å². The van der Waals surface area contributed by atoms with Crippen LogP contribution in [-0.2, 0) is 0 Å². The van der Waals surface area contributed by atoms with Gasteiger partial charge >= 0.3 is 0 Å². The molecule has 1 fully saturated rings. The highest BCUT2D eigenvalue weighted by atomic mass is 32.2. The number of hydrogen-bond acceptors (Lipinski definition) is 2. The summed E-state index contributed by atoms with van der Waals surface area (Å²) in [7, 11) is 0. The Bertz CT molecular complexity index is 188. The lowest BCUT2D eigenvalue weighted by Crippen LogP contribution is -2.22. The van der Waals surface area contributed by atoms with Gasteiger partial charge < -0.3 is 0 Å². The zero-order valence-electron chi connectivity index (χ0n) is 7.62. The van der Waals surface area contributed by atoms with E-state index in [1.54, 1.807) is 0 Å². The molecule has 2 heteroatoms. The van der Waals surface area contributed by atoms with Gasteiger partial charge in [0.15, 0.2) is 0 Å². The third kappa shape index (κ3) is 1.68. The van der Waals surface area contributed by atoms with Crippen molar-refractivity contribution in [3.05, 3.63) is 5.75 Å². The second-order valence-corrected chi connectivity index (χ2v) is 4.82. The standard InChI is InChI=1S/C10H16NS/c1-8-4-2-3-5-9(8)10-11-6-7-12-10/h7-9H,2-6H2,1H3. The molecule has 67 valence electrons. The first-order valence-corrected chi connectivity index (χ1v) is 5.78. The number of aliphatic imine (C=N–C) groups is 1. The maximum absolute atomic E-state index is 4.53. The Morgan fingerprint density at radius 1 is 1.42 bits per heavy atom. The van der Waals surface area contributed by atoms with Gasteiger partial charge in [0, 0.05) is 11.7 Å². The Kier molecular flexibility index (Phi) is 2.74. The van der Waals surface area contributed by atoms with Crippen molar-refractivity contribution in [2.45, 2.75) is 32.6 Å². The molecule has 1 nitrogen and oxygen atoms in total. The summed E-state index contributed by atoms with van der Waals surface area (Å²) >= 11 is 1.88. The second-order valence-electron chi connectivity index (χ2n) is 3.83. The van der Waals surface area contributed by atoms with Gasteiger partial charge in [0.1, 0.15) is 0 Å². The van der Waals surface area contributed by atoms with E-state index in [9.17, 15) is 0 Å². The van der Waals surface area contributed by atoms with Gasteiger partial charge in [-0.15, -0.1) is 11.8 Å². The summed E-state index contributed by atoms with van der Waals surface area (Å²) in [5.74, 6) is 3.88. The summed E-state index contributed by atoms with van der Waals surface area (Å²) in [6, 6.07) is 0. The normalized spacial score (nSPS) is 36.6. The minimum atomic E-state index is 0.794. The lowest BCUT2D eigenvalue weighted by atomic mass is 9.81. The monoisotopic (exact) mass is 182 g/mol. The molecule has 0 spiro atoms. The molecule has 0 saturated heterocycles. The molecule has 0 amide bonds. The Morgan fingerprint density at radius 3 is 2.92 bits per heavy atom. The van der Waals surface area contributed by atoms with Crippen molar-refractivity contribution in [1.82, 2.24) is 0 Å². The van der Waals surface area contributed by atoms with Gasteiger partial charge in [-0.3, -0.25) is 4.99 Å². The second kappa shape index (κ2) is 3.82. The Hall–Kier alpha value is 0.0200. The maximum atomic E-state index is 4.53. The number of rotatable bonds is 1. The molecule has 12 heavy (non-hydrogen) atoms. The molecule has 2 unspecified atom stereocenters. The van der Waals surface area contributed by atoms with E-state index in [4.69, 9.17) is 0 Å². The molecular formula is C10H16NS. The first-order chi connectivity index (χ1) is 5.88. The molecule has 0 aromatic carbocycles. The van der Waals surface area contributed by atoms with Gasteiger partial charge in [0.25, 0.3) is 0 Å². The van der Waals surface area contributed by atoms with E-state index < -0.39 is 0 Å². The molecule has 1 aliphatic heterocycles. The SMILES string of the molecule is CC1CCCCC1C1=NC[CH]S1. The van der Waals surface area contributed by atoms with Crippen molar-refractivity contribution in [2.24, 2.45) is 16.8 Å². The van der Waals surface area contributed by atoms with Crippen molar-refractivity contribution in [1.29, 1.82) is 0 Å². The van der Waals surface area contributed by atoms with Gasteiger partial charge in [-0.2, -0.15) is 0 Å². The van der Waals surface area contributed by atoms with Crippen LogP contribution in [0.1, 0.15) is 32.6 Å². The summed E-state index contributed by atoms with van der Waals surface area (Å²) in [5.41, 5.74) is 0. The summed E-state index contributed by atoms with van der Waals surface area (Å²) < 4.78 is 0. The van der Waals surface area contributed by atoms with Gasteiger partial charge in [-0.05, 0) is 12.3 Å². The lowest BCUT2D eigenvalue weighted by Gasteiger charge is -2.28. The molecule has 2 rings (SSSR count).